The summed E-state index contributed by atoms with van der Waals surface area (Å²) in [6.07, 6.45) is 1.79. The molecule has 0 amide bonds. The third-order valence-corrected chi connectivity index (χ3v) is 6.88. The second kappa shape index (κ2) is 10.2. The number of nitrogens with zero attached hydrogens (tertiary/aromatic N) is 3. The van der Waals surface area contributed by atoms with Crippen LogP contribution in [0.3, 0.4) is 0 Å². The first-order valence-electron chi connectivity index (χ1n) is 12.6. The molecule has 6 heteroatoms. The maximum Gasteiger partial charge on any atom is 0.217 e. The molecule has 0 spiro atoms. The van der Waals surface area contributed by atoms with E-state index in [1.165, 1.54) is 5.56 Å². The topological polar surface area (TPSA) is 60.2 Å². The quantitative estimate of drug-likeness (QED) is 0.186. The smallest absolute Gasteiger partial charge is 0.217 e. The minimum atomic E-state index is 0. The fourth-order valence-corrected chi connectivity index (χ4v) is 5.05. The summed E-state index contributed by atoms with van der Waals surface area (Å²) < 4.78 is 8.32. The van der Waals surface area contributed by atoms with Crippen molar-refractivity contribution in [3.05, 3.63) is 96.2 Å². The van der Waals surface area contributed by atoms with E-state index >= 15 is 0 Å². The fraction of sp³-hybridized carbons (Fsp3) is 0.188. The summed E-state index contributed by atoms with van der Waals surface area (Å²) in [6.45, 7) is 8.48. The van der Waals surface area contributed by atoms with E-state index in [1.807, 2.05) is 48.5 Å². The van der Waals surface area contributed by atoms with Crippen LogP contribution >= 0.6 is 0 Å². The monoisotopic (exact) mass is 681 g/mol. The maximum absolute atomic E-state index is 11.1. The molecule has 0 aliphatic carbocycles. The number of rotatable bonds is 5. The van der Waals surface area contributed by atoms with E-state index in [4.69, 9.17) is 9.72 Å². The zero-order chi connectivity index (χ0) is 25.7. The molecule has 6 rings (SSSR count). The number of ether oxygens (including phenoxy) is 1. The third kappa shape index (κ3) is 4.35. The van der Waals surface area contributed by atoms with E-state index in [0.717, 1.165) is 38.6 Å². The molecule has 0 radical (unpaired) electrons. The van der Waals surface area contributed by atoms with Crippen LogP contribution in [-0.2, 0) is 21.1 Å². The first-order valence-corrected chi connectivity index (χ1v) is 12.6. The van der Waals surface area contributed by atoms with E-state index in [0.29, 0.717) is 23.1 Å². The molecule has 3 aromatic carbocycles. The molecule has 6 aromatic rings. The van der Waals surface area contributed by atoms with Gasteiger partial charge in [-0.15, -0.1) is 17.5 Å². The Hall–Kier alpha value is -3.69. The Balaban J connectivity index is 0.00000294. The van der Waals surface area contributed by atoms with Crippen LogP contribution in [-0.4, -0.2) is 19.6 Å². The number of pyridine rings is 2. The van der Waals surface area contributed by atoms with Crippen molar-refractivity contribution < 1.29 is 30.9 Å². The number of benzene rings is 3. The van der Waals surface area contributed by atoms with E-state index in [-0.39, 0.29) is 32.7 Å². The van der Waals surface area contributed by atoms with Crippen molar-refractivity contribution in [2.45, 2.75) is 39.5 Å². The Morgan fingerprint density at radius 1 is 0.816 bits per heavy atom. The molecule has 0 saturated carbocycles. The number of aromatic nitrogens is 3. The third-order valence-electron chi connectivity index (χ3n) is 6.88. The number of hydrogen-bond acceptors (Lipinski definition) is 4. The fourth-order valence-electron chi connectivity index (χ4n) is 5.05. The van der Waals surface area contributed by atoms with Gasteiger partial charge in [0.1, 0.15) is 17.1 Å². The second-order valence-electron chi connectivity index (χ2n) is 9.99. The Bertz CT molecular complexity index is 1780. The molecule has 0 bridgehead atoms. The van der Waals surface area contributed by atoms with Crippen molar-refractivity contribution in [2.24, 2.45) is 0 Å². The number of phenols is 1. The van der Waals surface area contributed by atoms with Crippen LogP contribution in [0.25, 0.3) is 38.5 Å². The molecule has 0 aliphatic rings. The summed E-state index contributed by atoms with van der Waals surface area (Å²) >= 11 is 0. The summed E-state index contributed by atoms with van der Waals surface area (Å²) in [5, 5.41) is 14.2. The van der Waals surface area contributed by atoms with Gasteiger partial charge in [-0.1, -0.05) is 63.5 Å². The molecule has 5 nitrogen and oxygen atoms in total. The summed E-state index contributed by atoms with van der Waals surface area (Å²) in [5.41, 5.74) is 4.57. The largest absolute Gasteiger partial charge is 0.505 e. The van der Waals surface area contributed by atoms with Crippen LogP contribution < -0.4 is 4.74 Å². The number of hydrogen-bond donors (Lipinski definition) is 1. The predicted molar refractivity (Wildman–Crippen MR) is 149 cm³/mol. The Morgan fingerprint density at radius 2 is 1.55 bits per heavy atom. The van der Waals surface area contributed by atoms with Crippen LogP contribution in [0.4, 0.5) is 0 Å². The zero-order valence-electron chi connectivity index (χ0n) is 21.7. The summed E-state index contributed by atoms with van der Waals surface area (Å²) in [7, 11) is 0. The first-order chi connectivity index (χ1) is 17.9. The van der Waals surface area contributed by atoms with Gasteiger partial charge < -0.3 is 14.4 Å². The standard InChI is InChI=1S/C32H28N3O2.Pt/c1-19(2)25-18-26(20(3)4)32(36)31-24(25)14-15-30(34-31)37-21-12-13-23-22-9-5-6-10-27(22)35(28(23)17-21)29-11-7-8-16-33-29;/h5-16,18-20,36H,1-4H3;/q-1;. The van der Waals surface area contributed by atoms with Crippen molar-refractivity contribution in [3.63, 3.8) is 0 Å². The summed E-state index contributed by atoms with van der Waals surface area (Å²) in [6, 6.07) is 27.5. The van der Waals surface area contributed by atoms with Gasteiger partial charge in [0.15, 0.2) is 0 Å². The van der Waals surface area contributed by atoms with Crippen LogP contribution in [0.1, 0.15) is 50.7 Å². The van der Waals surface area contributed by atoms with E-state index in [9.17, 15) is 5.11 Å². The summed E-state index contributed by atoms with van der Waals surface area (Å²) in [4.78, 5) is 9.33. The minimum absolute atomic E-state index is 0. The second-order valence-corrected chi connectivity index (χ2v) is 9.99. The van der Waals surface area contributed by atoms with Gasteiger partial charge in [-0.05, 0) is 52.6 Å². The number of aromatic hydroxyl groups is 1. The molecule has 1 N–H and O–H groups in total. The van der Waals surface area contributed by atoms with Crippen molar-refractivity contribution in [1.82, 2.24) is 14.5 Å². The van der Waals surface area contributed by atoms with Gasteiger partial charge in [0, 0.05) is 50.0 Å². The van der Waals surface area contributed by atoms with Crippen molar-refractivity contribution in [2.75, 3.05) is 0 Å². The maximum atomic E-state index is 11.1. The Labute approximate surface area is 236 Å². The van der Waals surface area contributed by atoms with Crippen molar-refractivity contribution in [3.8, 4) is 23.2 Å². The van der Waals surface area contributed by atoms with Crippen molar-refractivity contribution in [1.29, 1.82) is 0 Å². The van der Waals surface area contributed by atoms with E-state index in [2.05, 4.69) is 67.6 Å². The molecule has 3 aromatic heterocycles. The Kier molecular flexibility index (Phi) is 6.98. The molecule has 194 valence electrons. The number of fused-ring (bicyclic) bond motifs is 4. The minimum Gasteiger partial charge on any atom is -0.505 e. The average molecular weight is 682 g/mol. The summed E-state index contributed by atoms with van der Waals surface area (Å²) in [5.74, 6) is 2.47. The molecule has 0 unspecified atom stereocenters. The van der Waals surface area contributed by atoms with Crippen molar-refractivity contribution >= 4 is 32.7 Å². The van der Waals surface area contributed by atoms with Crippen LogP contribution in [0.15, 0.2) is 79.0 Å². The van der Waals surface area contributed by atoms with Gasteiger partial charge in [-0.25, -0.2) is 9.97 Å². The van der Waals surface area contributed by atoms with Crippen LogP contribution in [0, 0.1) is 6.07 Å². The zero-order valence-corrected chi connectivity index (χ0v) is 23.9. The SMILES string of the molecule is CC(C)c1cc(C(C)C)c2ccc(Oc3[c-]c4c(cc3)c3ccccc3n4-c3ccccn3)nc2c1O.[Pt]. The van der Waals surface area contributed by atoms with Gasteiger partial charge in [0.25, 0.3) is 0 Å². The molecule has 0 saturated heterocycles. The van der Waals surface area contributed by atoms with Gasteiger partial charge in [0.2, 0.25) is 5.88 Å². The normalized spacial score (nSPS) is 11.5. The first kappa shape index (κ1) is 25.9. The van der Waals surface area contributed by atoms with Gasteiger partial charge in [-0.3, -0.25) is 0 Å². The average Bonchev–Trinajstić information content (AvgIpc) is 3.23. The Morgan fingerprint density at radius 3 is 2.29 bits per heavy atom. The molecule has 0 fully saturated rings. The van der Waals surface area contributed by atoms with Gasteiger partial charge in [-0.2, -0.15) is 6.07 Å². The van der Waals surface area contributed by atoms with Gasteiger partial charge in [0.05, 0.1) is 0 Å². The number of para-hydroxylation sites is 1. The van der Waals surface area contributed by atoms with E-state index < -0.39 is 0 Å². The van der Waals surface area contributed by atoms with E-state index in [1.54, 1.807) is 6.20 Å². The molecular weight excluding hydrogens is 653 g/mol. The predicted octanol–water partition coefficient (Wildman–Crippen LogP) is 8.27. The molecule has 3 heterocycles. The molecule has 0 atom stereocenters. The molecule has 38 heavy (non-hydrogen) atoms. The molecule has 0 aliphatic heterocycles. The number of phenolic OH excluding ortho intramolecular Hbond substituents is 1. The van der Waals surface area contributed by atoms with Crippen LogP contribution in [0.5, 0.6) is 17.4 Å². The molecular formula is C32H28N3O2Pt-. The van der Waals surface area contributed by atoms with Crippen LogP contribution in [0.2, 0.25) is 0 Å². The van der Waals surface area contributed by atoms with Gasteiger partial charge >= 0.3 is 0 Å².